The van der Waals surface area contributed by atoms with Crippen molar-refractivity contribution in [1.82, 2.24) is 9.78 Å². The number of nitrogens with one attached hydrogen (secondary N) is 1. The smallest absolute Gasteiger partial charge is 0.370 e. The SMILES string of the molecule is CC(C)c1ccccc1-n1nc(-c2ccc(C(F)(F)F)cc2)c2c1NCCCC2. The number of fused-ring (bicyclic) bond motifs is 1. The van der Waals surface area contributed by atoms with Crippen LogP contribution in [0.3, 0.4) is 0 Å². The van der Waals surface area contributed by atoms with Crippen LogP contribution in [0.5, 0.6) is 0 Å². The number of halogens is 3. The van der Waals surface area contributed by atoms with Crippen molar-refractivity contribution in [3.05, 3.63) is 65.2 Å². The van der Waals surface area contributed by atoms with Gasteiger partial charge in [0.05, 0.1) is 16.9 Å². The highest BCUT2D eigenvalue weighted by Gasteiger charge is 2.30. The maximum Gasteiger partial charge on any atom is 0.416 e. The van der Waals surface area contributed by atoms with Crippen molar-refractivity contribution in [1.29, 1.82) is 0 Å². The molecule has 2 heterocycles. The van der Waals surface area contributed by atoms with Gasteiger partial charge in [0, 0.05) is 17.7 Å². The van der Waals surface area contributed by atoms with E-state index in [-0.39, 0.29) is 0 Å². The lowest BCUT2D eigenvalue weighted by Crippen LogP contribution is -2.09. The van der Waals surface area contributed by atoms with E-state index in [9.17, 15) is 13.2 Å². The molecule has 29 heavy (non-hydrogen) atoms. The molecule has 0 bridgehead atoms. The number of benzene rings is 2. The molecule has 4 rings (SSSR count). The summed E-state index contributed by atoms with van der Waals surface area (Å²) in [7, 11) is 0. The molecule has 2 aromatic carbocycles. The lowest BCUT2D eigenvalue weighted by atomic mass is 10.0. The number of hydrogen-bond acceptors (Lipinski definition) is 2. The Morgan fingerprint density at radius 3 is 2.41 bits per heavy atom. The van der Waals surface area contributed by atoms with Crippen LogP contribution in [0, 0.1) is 0 Å². The lowest BCUT2D eigenvalue weighted by Gasteiger charge is -2.15. The van der Waals surface area contributed by atoms with Crippen molar-refractivity contribution >= 4 is 5.82 Å². The van der Waals surface area contributed by atoms with E-state index in [2.05, 4.69) is 25.2 Å². The summed E-state index contributed by atoms with van der Waals surface area (Å²) in [5.41, 5.74) is 4.07. The van der Waals surface area contributed by atoms with Crippen molar-refractivity contribution in [3.8, 4) is 16.9 Å². The molecule has 0 spiro atoms. The van der Waals surface area contributed by atoms with Crippen LogP contribution in [0.4, 0.5) is 19.0 Å². The quantitative estimate of drug-likeness (QED) is 0.550. The Labute approximate surface area is 168 Å². The van der Waals surface area contributed by atoms with Gasteiger partial charge in [-0.3, -0.25) is 0 Å². The van der Waals surface area contributed by atoms with Crippen LogP contribution in [0.2, 0.25) is 0 Å². The monoisotopic (exact) mass is 399 g/mol. The second-order valence-electron chi connectivity index (χ2n) is 7.76. The van der Waals surface area contributed by atoms with Crippen molar-refractivity contribution in [3.63, 3.8) is 0 Å². The third kappa shape index (κ3) is 3.76. The average Bonchev–Trinajstić information content (AvgIpc) is 2.88. The number of alkyl halides is 3. The molecule has 6 heteroatoms. The van der Waals surface area contributed by atoms with Gasteiger partial charge in [-0.05, 0) is 48.9 Å². The van der Waals surface area contributed by atoms with Crippen molar-refractivity contribution in [2.45, 2.75) is 45.2 Å². The zero-order valence-electron chi connectivity index (χ0n) is 16.6. The van der Waals surface area contributed by atoms with Crippen LogP contribution in [0.25, 0.3) is 16.9 Å². The van der Waals surface area contributed by atoms with Crippen LogP contribution >= 0.6 is 0 Å². The molecule has 0 fully saturated rings. The van der Waals surface area contributed by atoms with E-state index in [4.69, 9.17) is 5.10 Å². The van der Waals surface area contributed by atoms with Gasteiger partial charge in [0.1, 0.15) is 5.82 Å². The first-order valence-corrected chi connectivity index (χ1v) is 9.99. The summed E-state index contributed by atoms with van der Waals surface area (Å²) >= 11 is 0. The van der Waals surface area contributed by atoms with Crippen LogP contribution < -0.4 is 5.32 Å². The second-order valence-corrected chi connectivity index (χ2v) is 7.76. The van der Waals surface area contributed by atoms with Gasteiger partial charge in [0.25, 0.3) is 0 Å². The number of para-hydroxylation sites is 1. The summed E-state index contributed by atoms with van der Waals surface area (Å²) in [6, 6.07) is 13.5. The fraction of sp³-hybridized carbons (Fsp3) is 0.348. The minimum absolute atomic E-state index is 0.325. The topological polar surface area (TPSA) is 29.9 Å². The Hall–Kier alpha value is -2.76. The molecule has 0 unspecified atom stereocenters. The van der Waals surface area contributed by atoms with Gasteiger partial charge in [0.15, 0.2) is 0 Å². The number of rotatable bonds is 3. The van der Waals surface area contributed by atoms with Crippen LogP contribution in [0.15, 0.2) is 48.5 Å². The molecule has 3 aromatic rings. The molecule has 0 radical (unpaired) electrons. The highest BCUT2D eigenvalue weighted by atomic mass is 19.4. The highest BCUT2D eigenvalue weighted by Crippen LogP contribution is 2.37. The maximum atomic E-state index is 13.0. The minimum atomic E-state index is -4.34. The molecule has 1 aromatic heterocycles. The van der Waals surface area contributed by atoms with E-state index in [1.165, 1.54) is 17.7 Å². The predicted octanol–water partition coefficient (Wildman–Crippen LogP) is 6.43. The van der Waals surface area contributed by atoms with Crippen LogP contribution in [-0.2, 0) is 12.6 Å². The molecule has 0 atom stereocenters. The fourth-order valence-corrected chi connectivity index (χ4v) is 3.89. The van der Waals surface area contributed by atoms with E-state index in [0.717, 1.165) is 60.7 Å². The molecular formula is C23H24F3N3. The van der Waals surface area contributed by atoms with E-state index in [1.807, 2.05) is 22.9 Å². The fourth-order valence-electron chi connectivity index (χ4n) is 3.89. The summed E-state index contributed by atoms with van der Waals surface area (Å²) in [5, 5.41) is 8.39. The third-order valence-electron chi connectivity index (χ3n) is 5.40. The largest absolute Gasteiger partial charge is 0.416 e. The zero-order valence-corrected chi connectivity index (χ0v) is 16.6. The molecule has 0 saturated carbocycles. The highest BCUT2D eigenvalue weighted by molar-refractivity contribution is 5.72. The Morgan fingerprint density at radius 1 is 1.00 bits per heavy atom. The first kappa shape index (κ1) is 19.6. The van der Waals surface area contributed by atoms with E-state index in [0.29, 0.717) is 11.5 Å². The number of hydrogen-bond donors (Lipinski definition) is 1. The normalized spacial score (nSPS) is 14.4. The number of nitrogens with zero attached hydrogens (tertiary/aromatic N) is 2. The molecule has 3 nitrogen and oxygen atoms in total. The molecule has 0 amide bonds. The number of aromatic nitrogens is 2. The molecule has 1 aliphatic heterocycles. The molecule has 0 aliphatic carbocycles. The van der Waals surface area contributed by atoms with Crippen LogP contribution in [-0.4, -0.2) is 16.3 Å². The Bertz CT molecular complexity index is 1000. The zero-order chi connectivity index (χ0) is 20.6. The van der Waals surface area contributed by atoms with E-state index in [1.54, 1.807) is 0 Å². The maximum absolute atomic E-state index is 13.0. The van der Waals surface area contributed by atoms with Crippen molar-refractivity contribution in [2.75, 3.05) is 11.9 Å². The number of anilines is 1. The van der Waals surface area contributed by atoms with Gasteiger partial charge in [0.2, 0.25) is 0 Å². The summed E-state index contributed by atoms with van der Waals surface area (Å²) in [6.45, 7) is 5.14. The Balaban J connectivity index is 1.87. The molecule has 152 valence electrons. The predicted molar refractivity (Wildman–Crippen MR) is 110 cm³/mol. The lowest BCUT2D eigenvalue weighted by molar-refractivity contribution is -0.137. The Kier molecular flexibility index (Phi) is 5.11. The van der Waals surface area contributed by atoms with Gasteiger partial charge >= 0.3 is 6.18 Å². The summed E-state index contributed by atoms with van der Waals surface area (Å²) in [4.78, 5) is 0. The molecule has 0 saturated heterocycles. The van der Waals surface area contributed by atoms with Crippen molar-refractivity contribution < 1.29 is 13.2 Å². The van der Waals surface area contributed by atoms with E-state index >= 15 is 0 Å². The van der Waals surface area contributed by atoms with Gasteiger partial charge < -0.3 is 5.32 Å². The van der Waals surface area contributed by atoms with Crippen molar-refractivity contribution in [2.24, 2.45) is 0 Å². The second kappa shape index (κ2) is 7.58. The van der Waals surface area contributed by atoms with Gasteiger partial charge in [-0.15, -0.1) is 0 Å². The molecular weight excluding hydrogens is 375 g/mol. The van der Waals surface area contributed by atoms with Gasteiger partial charge in [-0.1, -0.05) is 44.2 Å². The summed E-state index contributed by atoms with van der Waals surface area (Å²) in [5.74, 6) is 1.27. The first-order valence-electron chi connectivity index (χ1n) is 9.99. The molecule has 1 N–H and O–H groups in total. The van der Waals surface area contributed by atoms with E-state index < -0.39 is 11.7 Å². The van der Waals surface area contributed by atoms with Crippen LogP contribution in [0.1, 0.15) is 49.3 Å². The summed E-state index contributed by atoms with van der Waals surface area (Å²) < 4.78 is 40.8. The third-order valence-corrected chi connectivity index (χ3v) is 5.40. The standard InChI is InChI=1S/C23H24F3N3/c1-15(2)18-7-3-4-9-20(18)29-22-19(8-5-6-14-27-22)21(28-29)16-10-12-17(13-11-16)23(24,25)26/h3-4,7,9-13,15,27H,5-6,8,14H2,1-2H3. The first-order chi connectivity index (χ1) is 13.9. The Morgan fingerprint density at radius 2 is 1.72 bits per heavy atom. The minimum Gasteiger partial charge on any atom is -0.370 e. The van der Waals surface area contributed by atoms with Gasteiger partial charge in [-0.25, -0.2) is 4.68 Å². The van der Waals surface area contributed by atoms with Gasteiger partial charge in [-0.2, -0.15) is 18.3 Å². The molecule has 1 aliphatic rings. The average molecular weight is 399 g/mol. The summed E-state index contributed by atoms with van der Waals surface area (Å²) in [6.07, 6.45) is -1.42.